The highest BCUT2D eigenvalue weighted by molar-refractivity contribution is 6.31. The van der Waals surface area contributed by atoms with E-state index in [2.05, 4.69) is 11.9 Å². The van der Waals surface area contributed by atoms with Crippen LogP contribution in [0.1, 0.15) is 44.0 Å². The molecular formula is C17H21ClN2O2. The van der Waals surface area contributed by atoms with Crippen LogP contribution < -0.4 is 0 Å². The fourth-order valence-electron chi connectivity index (χ4n) is 2.17. The fraction of sp³-hybridized carbons (Fsp3) is 0.412. The number of esters is 1. The summed E-state index contributed by atoms with van der Waals surface area (Å²) in [5, 5.41) is 0.721. The maximum absolute atomic E-state index is 11.7. The third-order valence-electron chi connectivity index (χ3n) is 3.45. The number of aromatic nitrogens is 2. The molecule has 0 saturated heterocycles. The van der Waals surface area contributed by atoms with E-state index in [1.165, 1.54) is 0 Å². The quantitative estimate of drug-likeness (QED) is 0.540. The predicted octanol–water partition coefficient (Wildman–Crippen LogP) is 4.21. The summed E-state index contributed by atoms with van der Waals surface area (Å²) in [7, 11) is 0. The highest BCUT2D eigenvalue weighted by Gasteiger charge is 2.09. The van der Waals surface area contributed by atoms with E-state index in [0.29, 0.717) is 13.0 Å². The lowest BCUT2D eigenvalue weighted by Crippen LogP contribution is -2.10. The molecule has 0 bridgehead atoms. The van der Waals surface area contributed by atoms with Crippen LogP contribution in [0.2, 0.25) is 5.02 Å². The number of nitrogens with zero attached hydrogens (tertiary/aromatic N) is 2. The standard InChI is InChI=1S/C17H21ClN2O2/c1-2-3-4-9-17(21)22-13-16-19-10-11-20(16)12-14-7-5-6-8-15(14)18/h5-8,10-11H,2-4,9,12-13H2,1H3. The predicted molar refractivity (Wildman–Crippen MR) is 86.7 cm³/mol. The summed E-state index contributed by atoms with van der Waals surface area (Å²) >= 11 is 6.17. The average Bonchev–Trinajstić information content (AvgIpc) is 2.95. The van der Waals surface area contributed by atoms with Crippen molar-refractivity contribution in [2.24, 2.45) is 0 Å². The van der Waals surface area contributed by atoms with Gasteiger partial charge in [-0.2, -0.15) is 0 Å². The topological polar surface area (TPSA) is 44.1 Å². The highest BCUT2D eigenvalue weighted by atomic mass is 35.5. The van der Waals surface area contributed by atoms with Crippen molar-refractivity contribution in [3.05, 3.63) is 53.1 Å². The number of benzene rings is 1. The zero-order valence-corrected chi connectivity index (χ0v) is 13.6. The molecule has 0 saturated carbocycles. The second kappa shape index (κ2) is 8.59. The van der Waals surface area contributed by atoms with Crippen molar-refractivity contribution in [3.8, 4) is 0 Å². The highest BCUT2D eigenvalue weighted by Crippen LogP contribution is 2.17. The van der Waals surface area contributed by atoms with Gasteiger partial charge in [-0.05, 0) is 18.1 Å². The maximum atomic E-state index is 11.7. The van der Waals surface area contributed by atoms with Gasteiger partial charge < -0.3 is 9.30 Å². The zero-order valence-electron chi connectivity index (χ0n) is 12.8. The van der Waals surface area contributed by atoms with Gasteiger partial charge in [0.15, 0.2) is 0 Å². The lowest BCUT2D eigenvalue weighted by Gasteiger charge is -2.10. The first-order valence-electron chi connectivity index (χ1n) is 7.59. The SMILES string of the molecule is CCCCCC(=O)OCc1nccn1Cc1ccccc1Cl. The van der Waals surface area contributed by atoms with E-state index in [1.807, 2.05) is 35.0 Å². The molecule has 2 rings (SSSR count). The molecule has 2 aromatic rings. The van der Waals surface area contributed by atoms with Gasteiger partial charge in [-0.3, -0.25) is 4.79 Å². The number of ether oxygens (including phenoxy) is 1. The first-order valence-corrected chi connectivity index (χ1v) is 7.97. The van der Waals surface area contributed by atoms with Crippen LogP contribution in [-0.4, -0.2) is 15.5 Å². The van der Waals surface area contributed by atoms with Crippen molar-refractivity contribution in [1.29, 1.82) is 0 Å². The monoisotopic (exact) mass is 320 g/mol. The number of imidazole rings is 1. The fourth-order valence-corrected chi connectivity index (χ4v) is 2.37. The molecule has 0 radical (unpaired) electrons. The average molecular weight is 321 g/mol. The molecule has 0 atom stereocenters. The Kier molecular flexibility index (Phi) is 6.46. The van der Waals surface area contributed by atoms with Crippen LogP contribution in [0.5, 0.6) is 0 Å². The number of carbonyl (C=O) groups is 1. The summed E-state index contributed by atoms with van der Waals surface area (Å²) in [4.78, 5) is 15.9. The van der Waals surface area contributed by atoms with Gasteiger partial charge in [0.1, 0.15) is 12.4 Å². The lowest BCUT2D eigenvalue weighted by atomic mass is 10.2. The smallest absolute Gasteiger partial charge is 0.306 e. The van der Waals surface area contributed by atoms with Crippen molar-refractivity contribution in [3.63, 3.8) is 0 Å². The second-order valence-electron chi connectivity index (χ2n) is 5.18. The summed E-state index contributed by atoms with van der Waals surface area (Å²) in [6.45, 7) is 2.92. The third-order valence-corrected chi connectivity index (χ3v) is 3.82. The molecule has 0 unspecified atom stereocenters. The summed E-state index contributed by atoms with van der Waals surface area (Å²) < 4.78 is 7.23. The molecule has 22 heavy (non-hydrogen) atoms. The first-order chi connectivity index (χ1) is 10.7. The van der Waals surface area contributed by atoms with Crippen LogP contribution in [0.15, 0.2) is 36.7 Å². The summed E-state index contributed by atoms with van der Waals surface area (Å²) in [5.41, 5.74) is 1.01. The molecule has 0 spiro atoms. The van der Waals surface area contributed by atoms with Crippen molar-refractivity contribution in [2.75, 3.05) is 0 Å². The van der Waals surface area contributed by atoms with Crippen LogP contribution in [0.4, 0.5) is 0 Å². The van der Waals surface area contributed by atoms with E-state index >= 15 is 0 Å². The Bertz CT molecular complexity index is 610. The van der Waals surface area contributed by atoms with Crippen LogP contribution >= 0.6 is 11.6 Å². The summed E-state index contributed by atoms with van der Waals surface area (Å²) in [6.07, 6.45) is 7.06. The minimum atomic E-state index is -0.166. The molecule has 1 heterocycles. The van der Waals surface area contributed by atoms with Crippen LogP contribution in [0, 0.1) is 0 Å². The molecular weight excluding hydrogens is 300 g/mol. The van der Waals surface area contributed by atoms with E-state index < -0.39 is 0 Å². The molecule has 0 fully saturated rings. The van der Waals surface area contributed by atoms with Crippen molar-refractivity contribution >= 4 is 17.6 Å². The van der Waals surface area contributed by atoms with Gasteiger partial charge >= 0.3 is 5.97 Å². The molecule has 5 heteroatoms. The normalized spacial score (nSPS) is 10.6. The van der Waals surface area contributed by atoms with Gasteiger partial charge in [-0.15, -0.1) is 0 Å². The zero-order chi connectivity index (χ0) is 15.8. The third kappa shape index (κ3) is 4.88. The van der Waals surface area contributed by atoms with Crippen molar-refractivity contribution in [2.45, 2.75) is 45.8 Å². The Balaban J connectivity index is 1.90. The Morgan fingerprint density at radius 1 is 1.32 bits per heavy atom. The molecule has 0 aliphatic heterocycles. The maximum Gasteiger partial charge on any atom is 0.306 e. The lowest BCUT2D eigenvalue weighted by molar-refractivity contribution is -0.145. The number of hydrogen-bond donors (Lipinski definition) is 0. The molecule has 0 amide bonds. The summed E-state index contributed by atoms with van der Waals surface area (Å²) in [6, 6.07) is 7.69. The van der Waals surface area contributed by atoms with Gasteiger partial charge in [0.25, 0.3) is 0 Å². The summed E-state index contributed by atoms with van der Waals surface area (Å²) in [5.74, 6) is 0.560. The molecule has 1 aromatic carbocycles. The number of halogens is 1. The van der Waals surface area contributed by atoms with Gasteiger partial charge in [0.05, 0.1) is 6.54 Å². The Labute approximate surface area is 136 Å². The Morgan fingerprint density at radius 2 is 2.14 bits per heavy atom. The van der Waals surface area contributed by atoms with Gasteiger partial charge in [0.2, 0.25) is 0 Å². The van der Waals surface area contributed by atoms with Crippen molar-refractivity contribution < 1.29 is 9.53 Å². The van der Waals surface area contributed by atoms with E-state index in [4.69, 9.17) is 16.3 Å². The van der Waals surface area contributed by atoms with Crippen LogP contribution in [0.25, 0.3) is 0 Å². The molecule has 1 aromatic heterocycles. The largest absolute Gasteiger partial charge is 0.458 e. The second-order valence-corrected chi connectivity index (χ2v) is 5.59. The van der Waals surface area contributed by atoms with Crippen LogP contribution in [0.3, 0.4) is 0 Å². The van der Waals surface area contributed by atoms with Crippen molar-refractivity contribution in [1.82, 2.24) is 9.55 Å². The first kappa shape index (κ1) is 16.6. The molecule has 4 nitrogen and oxygen atoms in total. The van der Waals surface area contributed by atoms with Gasteiger partial charge in [0, 0.05) is 23.8 Å². The van der Waals surface area contributed by atoms with E-state index in [0.717, 1.165) is 35.7 Å². The molecule has 0 N–H and O–H groups in total. The number of unbranched alkanes of at least 4 members (excludes halogenated alkanes) is 2. The minimum absolute atomic E-state index is 0.166. The van der Waals surface area contributed by atoms with E-state index in [9.17, 15) is 4.79 Å². The number of rotatable bonds is 8. The van der Waals surface area contributed by atoms with Gasteiger partial charge in [-0.25, -0.2) is 4.98 Å². The molecule has 0 aliphatic rings. The van der Waals surface area contributed by atoms with Gasteiger partial charge in [-0.1, -0.05) is 49.6 Å². The van der Waals surface area contributed by atoms with E-state index in [-0.39, 0.29) is 12.6 Å². The Hall–Kier alpha value is -1.81. The number of carbonyl (C=O) groups excluding carboxylic acids is 1. The molecule has 118 valence electrons. The molecule has 0 aliphatic carbocycles. The van der Waals surface area contributed by atoms with E-state index in [1.54, 1.807) is 6.20 Å². The van der Waals surface area contributed by atoms with Crippen LogP contribution in [-0.2, 0) is 22.7 Å². The Morgan fingerprint density at radius 3 is 2.91 bits per heavy atom. The number of hydrogen-bond acceptors (Lipinski definition) is 3. The minimum Gasteiger partial charge on any atom is -0.458 e.